The van der Waals surface area contributed by atoms with E-state index >= 15 is 0 Å². The van der Waals surface area contributed by atoms with E-state index in [0.29, 0.717) is 25.9 Å². The van der Waals surface area contributed by atoms with E-state index in [9.17, 15) is 4.79 Å². The van der Waals surface area contributed by atoms with Crippen molar-refractivity contribution in [2.45, 2.75) is 26.7 Å². The summed E-state index contributed by atoms with van der Waals surface area (Å²) in [5, 5.41) is 12.1. The average Bonchev–Trinajstić information content (AvgIpc) is 2.38. The molecule has 1 N–H and O–H groups in total. The van der Waals surface area contributed by atoms with Crippen LogP contribution in [0.5, 0.6) is 0 Å². The van der Waals surface area contributed by atoms with Crippen molar-refractivity contribution in [3.8, 4) is 0 Å². The normalized spacial score (nSPS) is 21.7. The highest BCUT2D eigenvalue weighted by Crippen LogP contribution is 2.15. The molecule has 4 heteroatoms. The number of hydrogen-bond donors (Lipinski definition) is 1. The molecule has 102 valence electrons. The Morgan fingerprint density at radius 3 is 2.95 bits per heavy atom. The summed E-state index contributed by atoms with van der Waals surface area (Å²) in [5.41, 5.74) is 3.02. The molecule has 1 atom stereocenters. The molecule has 0 aliphatic carbocycles. The van der Waals surface area contributed by atoms with Crippen LogP contribution in [0.3, 0.4) is 0 Å². The Hall–Kier alpha value is -1.84. The summed E-state index contributed by atoms with van der Waals surface area (Å²) in [6.45, 7) is 5.31. The Labute approximate surface area is 113 Å². The second-order valence-corrected chi connectivity index (χ2v) is 5.25. The number of carbonyl (C=O) groups excluding carboxylic acids is 1. The van der Waals surface area contributed by atoms with E-state index in [2.05, 4.69) is 5.16 Å². The largest absolute Gasteiger partial charge is 0.411 e. The summed E-state index contributed by atoms with van der Waals surface area (Å²) in [6.07, 6.45) is 1.11. The van der Waals surface area contributed by atoms with Gasteiger partial charge in [0.2, 0.25) is 5.91 Å². The highest BCUT2D eigenvalue weighted by Gasteiger charge is 2.25. The van der Waals surface area contributed by atoms with Crippen LogP contribution >= 0.6 is 0 Å². The van der Waals surface area contributed by atoms with Gasteiger partial charge in [0, 0.05) is 25.4 Å². The summed E-state index contributed by atoms with van der Waals surface area (Å²) < 4.78 is 0. The highest BCUT2D eigenvalue weighted by atomic mass is 16.4. The van der Waals surface area contributed by atoms with Crippen LogP contribution in [0.2, 0.25) is 0 Å². The fourth-order valence-corrected chi connectivity index (χ4v) is 2.51. The van der Waals surface area contributed by atoms with Crippen molar-refractivity contribution in [1.82, 2.24) is 4.90 Å². The number of amides is 1. The molecule has 1 aliphatic heterocycles. The molecule has 4 nitrogen and oxygen atoms in total. The van der Waals surface area contributed by atoms with Crippen LogP contribution in [0, 0.1) is 12.8 Å². The third kappa shape index (κ3) is 3.34. The van der Waals surface area contributed by atoms with Gasteiger partial charge in [-0.1, -0.05) is 41.9 Å². The van der Waals surface area contributed by atoms with E-state index in [1.54, 1.807) is 0 Å². The number of likely N-dealkylation sites (tertiary alicyclic amines) is 1. The maximum Gasteiger partial charge on any atom is 0.227 e. The van der Waals surface area contributed by atoms with Gasteiger partial charge in [0.1, 0.15) is 0 Å². The fourth-order valence-electron chi connectivity index (χ4n) is 2.51. The lowest BCUT2D eigenvalue weighted by atomic mass is 9.97. The minimum Gasteiger partial charge on any atom is -0.411 e. The first-order chi connectivity index (χ1) is 9.10. The first kappa shape index (κ1) is 13.6. The molecular weight excluding hydrogens is 240 g/mol. The van der Waals surface area contributed by atoms with Crippen molar-refractivity contribution in [2.24, 2.45) is 11.1 Å². The molecule has 1 fully saturated rings. The molecule has 19 heavy (non-hydrogen) atoms. The van der Waals surface area contributed by atoms with Crippen molar-refractivity contribution < 1.29 is 10.0 Å². The van der Waals surface area contributed by atoms with E-state index in [1.807, 2.05) is 43.0 Å². The number of hydrogen-bond acceptors (Lipinski definition) is 3. The van der Waals surface area contributed by atoms with E-state index in [4.69, 9.17) is 5.21 Å². The predicted molar refractivity (Wildman–Crippen MR) is 74.5 cm³/mol. The first-order valence-corrected chi connectivity index (χ1v) is 6.64. The quantitative estimate of drug-likeness (QED) is 0.655. The maximum atomic E-state index is 12.2. The summed E-state index contributed by atoms with van der Waals surface area (Å²) >= 11 is 0. The number of carbonyl (C=O) groups is 1. The molecule has 1 amide bonds. The van der Waals surface area contributed by atoms with E-state index < -0.39 is 0 Å². The van der Waals surface area contributed by atoms with Gasteiger partial charge in [-0.15, -0.1) is 0 Å². The van der Waals surface area contributed by atoms with Gasteiger partial charge in [-0.05, 0) is 12.5 Å². The Kier molecular flexibility index (Phi) is 4.20. The number of aryl methyl sites for hydroxylation is 1. The summed E-state index contributed by atoms with van der Waals surface area (Å²) in [4.78, 5) is 14.1. The molecule has 1 aromatic rings. The van der Waals surface area contributed by atoms with Crippen molar-refractivity contribution in [3.63, 3.8) is 0 Å². The number of nitrogens with zero attached hydrogens (tertiary/aromatic N) is 2. The molecule has 0 spiro atoms. The molecule has 0 aromatic heterocycles. The van der Waals surface area contributed by atoms with Gasteiger partial charge < -0.3 is 10.1 Å². The first-order valence-electron chi connectivity index (χ1n) is 6.64. The second-order valence-electron chi connectivity index (χ2n) is 5.25. The van der Waals surface area contributed by atoms with Gasteiger partial charge >= 0.3 is 0 Å². The van der Waals surface area contributed by atoms with Crippen molar-refractivity contribution in [2.75, 3.05) is 13.1 Å². The lowest BCUT2D eigenvalue weighted by molar-refractivity contribution is -0.131. The molecule has 1 unspecified atom stereocenters. The summed E-state index contributed by atoms with van der Waals surface area (Å²) in [7, 11) is 0. The molecule has 1 aromatic carbocycles. The van der Waals surface area contributed by atoms with Gasteiger partial charge in [0.15, 0.2) is 0 Å². The van der Waals surface area contributed by atoms with Crippen LogP contribution in [0.15, 0.2) is 29.4 Å². The molecule has 0 bridgehead atoms. The maximum absolute atomic E-state index is 12.2. The van der Waals surface area contributed by atoms with Crippen molar-refractivity contribution in [3.05, 3.63) is 35.4 Å². The molecular formula is C15H20N2O2. The number of rotatable bonds is 2. The lowest BCUT2D eigenvalue weighted by Crippen LogP contribution is -2.43. The Balaban J connectivity index is 1.98. The Bertz CT molecular complexity index is 497. The number of oxime groups is 1. The van der Waals surface area contributed by atoms with Crippen LogP contribution in [0.1, 0.15) is 24.5 Å². The second kappa shape index (κ2) is 5.87. The number of piperidine rings is 1. The van der Waals surface area contributed by atoms with Crippen LogP contribution in [-0.2, 0) is 11.2 Å². The molecule has 1 aliphatic rings. The van der Waals surface area contributed by atoms with Crippen molar-refractivity contribution in [1.29, 1.82) is 0 Å². The van der Waals surface area contributed by atoms with E-state index in [-0.39, 0.29) is 11.8 Å². The Morgan fingerprint density at radius 1 is 1.53 bits per heavy atom. The van der Waals surface area contributed by atoms with Gasteiger partial charge in [0.05, 0.1) is 12.1 Å². The zero-order chi connectivity index (χ0) is 13.8. The van der Waals surface area contributed by atoms with Crippen LogP contribution in [-0.4, -0.2) is 34.8 Å². The van der Waals surface area contributed by atoms with Gasteiger partial charge in [-0.25, -0.2) is 0 Å². The number of benzene rings is 1. The van der Waals surface area contributed by atoms with Crippen LogP contribution < -0.4 is 0 Å². The fraction of sp³-hybridized carbons (Fsp3) is 0.467. The topological polar surface area (TPSA) is 52.9 Å². The van der Waals surface area contributed by atoms with E-state index in [0.717, 1.165) is 11.3 Å². The molecule has 0 saturated carbocycles. The Morgan fingerprint density at radius 2 is 2.32 bits per heavy atom. The minimum absolute atomic E-state index is 0.139. The SMILES string of the molecule is Cc1cccc(CC(=O)N2CC/C(=N\O)C(C)C2)c1. The monoisotopic (exact) mass is 260 g/mol. The van der Waals surface area contributed by atoms with Crippen LogP contribution in [0.4, 0.5) is 0 Å². The van der Waals surface area contributed by atoms with Gasteiger partial charge in [-0.2, -0.15) is 0 Å². The zero-order valence-corrected chi connectivity index (χ0v) is 11.5. The minimum atomic E-state index is 0.139. The summed E-state index contributed by atoms with van der Waals surface area (Å²) in [6, 6.07) is 8.04. The third-order valence-electron chi connectivity index (χ3n) is 3.62. The highest BCUT2D eigenvalue weighted by molar-refractivity contribution is 5.89. The standard InChI is InChI=1S/C15H20N2O2/c1-11-4-3-5-13(8-11)9-15(18)17-7-6-14(16-19)12(2)10-17/h3-5,8,12,19H,6-7,9-10H2,1-2H3/b16-14+. The van der Waals surface area contributed by atoms with Crippen molar-refractivity contribution >= 4 is 11.6 Å². The lowest BCUT2D eigenvalue weighted by Gasteiger charge is -2.31. The van der Waals surface area contributed by atoms with Gasteiger partial charge in [0.25, 0.3) is 0 Å². The zero-order valence-electron chi connectivity index (χ0n) is 11.5. The molecule has 0 radical (unpaired) electrons. The summed E-state index contributed by atoms with van der Waals surface area (Å²) in [5.74, 6) is 0.287. The third-order valence-corrected chi connectivity index (χ3v) is 3.62. The smallest absolute Gasteiger partial charge is 0.227 e. The van der Waals surface area contributed by atoms with Gasteiger partial charge in [-0.3, -0.25) is 4.79 Å². The molecule has 2 rings (SSSR count). The molecule has 1 heterocycles. The molecule has 1 saturated heterocycles. The van der Waals surface area contributed by atoms with Crippen LogP contribution in [0.25, 0.3) is 0 Å². The predicted octanol–water partition coefficient (Wildman–Crippen LogP) is 2.24. The van der Waals surface area contributed by atoms with E-state index in [1.165, 1.54) is 5.56 Å². The average molecular weight is 260 g/mol.